The van der Waals surface area contributed by atoms with E-state index in [9.17, 15) is 9.59 Å². The van der Waals surface area contributed by atoms with Crippen molar-refractivity contribution < 1.29 is 14.7 Å². The molecule has 0 saturated carbocycles. The number of carbonyl (C=O) groups is 2. The molecule has 0 aliphatic rings. The van der Waals surface area contributed by atoms with E-state index in [1.54, 1.807) is 4.57 Å². The van der Waals surface area contributed by atoms with Crippen LogP contribution in [0.3, 0.4) is 0 Å². The van der Waals surface area contributed by atoms with Crippen LogP contribution in [0.2, 0.25) is 5.02 Å². The second-order valence-electron chi connectivity index (χ2n) is 7.46. The largest absolute Gasteiger partial charge is 0.478 e. The average Bonchev–Trinajstić information content (AvgIpc) is 3.14. The van der Waals surface area contributed by atoms with Gasteiger partial charge in [0.15, 0.2) is 5.16 Å². The standard InChI is InChI=1S/C23H20ClN5O3S/c1-12-3-6-15-13(2)4-8-19(16(15)9-12)29-22(25)27-28-23(29)33-11-20(30)26-18-7-5-14(21(31)32)10-17(18)24/h3-10H,11H2,1-2H3,(H2,25,27)(H,26,30)(H,31,32). The number of nitrogens with zero attached hydrogens (tertiary/aromatic N) is 3. The van der Waals surface area contributed by atoms with Gasteiger partial charge in [-0.1, -0.05) is 47.1 Å². The number of carboxylic acids is 1. The van der Waals surface area contributed by atoms with E-state index in [1.807, 2.05) is 26.0 Å². The molecule has 0 fully saturated rings. The van der Waals surface area contributed by atoms with Crippen molar-refractivity contribution >= 4 is 57.6 Å². The molecule has 4 rings (SSSR count). The molecule has 1 aromatic heterocycles. The molecule has 0 spiro atoms. The number of fused-ring (bicyclic) bond motifs is 1. The summed E-state index contributed by atoms with van der Waals surface area (Å²) >= 11 is 7.28. The Morgan fingerprint density at radius 2 is 1.88 bits per heavy atom. The zero-order valence-corrected chi connectivity index (χ0v) is 19.4. The molecule has 0 saturated heterocycles. The number of benzene rings is 3. The highest BCUT2D eigenvalue weighted by Crippen LogP contribution is 2.31. The molecule has 8 nitrogen and oxygen atoms in total. The van der Waals surface area contributed by atoms with Gasteiger partial charge in [0, 0.05) is 5.39 Å². The molecule has 0 bridgehead atoms. The van der Waals surface area contributed by atoms with Gasteiger partial charge >= 0.3 is 5.97 Å². The quantitative estimate of drug-likeness (QED) is 0.341. The van der Waals surface area contributed by atoms with Crippen molar-refractivity contribution in [1.82, 2.24) is 14.8 Å². The van der Waals surface area contributed by atoms with Crippen molar-refractivity contribution in [1.29, 1.82) is 0 Å². The van der Waals surface area contributed by atoms with Crippen molar-refractivity contribution in [3.63, 3.8) is 0 Å². The molecular formula is C23H20ClN5O3S. The highest BCUT2D eigenvalue weighted by molar-refractivity contribution is 7.99. The number of amides is 1. The Morgan fingerprint density at radius 3 is 2.61 bits per heavy atom. The van der Waals surface area contributed by atoms with E-state index in [0.29, 0.717) is 10.8 Å². The maximum Gasteiger partial charge on any atom is 0.335 e. The van der Waals surface area contributed by atoms with Crippen LogP contribution in [0.25, 0.3) is 16.5 Å². The number of rotatable bonds is 6. The smallest absolute Gasteiger partial charge is 0.335 e. The molecule has 0 aliphatic heterocycles. The number of carbonyl (C=O) groups excluding carboxylic acids is 1. The molecule has 0 atom stereocenters. The van der Waals surface area contributed by atoms with Crippen LogP contribution in [0.15, 0.2) is 53.7 Å². The first kappa shape index (κ1) is 22.6. The summed E-state index contributed by atoms with van der Waals surface area (Å²) in [6.45, 7) is 4.07. The molecule has 0 radical (unpaired) electrons. The van der Waals surface area contributed by atoms with E-state index in [4.69, 9.17) is 22.4 Å². The average molecular weight is 482 g/mol. The van der Waals surface area contributed by atoms with Gasteiger partial charge in [0.05, 0.1) is 27.7 Å². The molecule has 4 aromatic rings. The minimum Gasteiger partial charge on any atom is -0.478 e. The first-order chi connectivity index (χ1) is 15.7. The van der Waals surface area contributed by atoms with Gasteiger partial charge in [-0.05, 0) is 55.1 Å². The van der Waals surface area contributed by atoms with Crippen molar-refractivity contribution in [3.8, 4) is 5.69 Å². The van der Waals surface area contributed by atoms with Gasteiger partial charge in [-0.15, -0.1) is 10.2 Å². The van der Waals surface area contributed by atoms with Gasteiger partial charge in [0.1, 0.15) is 0 Å². The Hall–Kier alpha value is -3.56. The number of aromatic carboxylic acids is 1. The van der Waals surface area contributed by atoms with Crippen molar-refractivity contribution in [2.24, 2.45) is 0 Å². The third-order valence-electron chi connectivity index (χ3n) is 5.09. The summed E-state index contributed by atoms with van der Waals surface area (Å²) in [5.41, 5.74) is 9.59. The number of nitrogens with two attached hydrogens (primary N) is 1. The lowest BCUT2D eigenvalue weighted by molar-refractivity contribution is -0.113. The van der Waals surface area contributed by atoms with Crippen LogP contribution in [-0.2, 0) is 4.79 Å². The predicted octanol–water partition coefficient (Wildman–Crippen LogP) is 4.70. The zero-order chi connectivity index (χ0) is 23.7. The first-order valence-corrected chi connectivity index (χ1v) is 11.3. The number of halogens is 1. The highest BCUT2D eigenvalue weighted by Gasteiger charge is 2.17. The lowest BCUT2D eigenvalue weighted by atomic mass is 10.0. The minimum atomic E-state index is -1.10. The summed E-state index contributed by atoms with van der Waals surface area (Å²) in [6.07, 6.45) is 0. The van der Waals surface area contributed by atoms with Crippen LogP contribution in [0.1, 0.15) is 21.5 Å². The van der Waals surface area contributed by atoms with E-state index < -0.39 is 5.97 Å². The Labute approximate surface area is 198 Å². The number of hydrogen-bond donors (Lipinski definition) is 3. The summed E-state index contributed by atoms with van der Waals surface area (Å²) in [4.78, 5) is 23.6. The van der Waals surface area contributed by atoms with E-state index >= 15 is 0 Å². The number of thioether (sulfide) groups is 1. The lowest BCUT2D eigenvalue weighted by Crippen LogP contribution is -2.15. The summed E-state index contributed by atoms with van der Waals surface area (Å²) in [5, 5.41) is 22.6. The number of anilines is 2. The van der Waals surface area contributed by atoms with Gasteiger partial charge < -0.3 is 16.2 Å². The fourth-order valence-corrected chi connectivity index (χ4v) is 4.44. The fraction of sp³-hybridized carbons (Fsp3) is 0.130. The van der Waals surface area contributed by atoms with Crippen LogP contribution in [-0.4, -0.2) is 37.5 Å². The topological polar surface area (TPSA) is 123 Å². The molecule has 1 heterocycles. The molecule has 10 heteroatoms. The van der Waals surface area contributed by atoms with E-state index in [2.05, 4.69) is 33.7 Å². The van der Waals surface area contributed by atoms with Crippen LogP contribution in [0.4, 0.5) is 11.6 Å². The Morgan fingerprint density at radius 1 is 1.09 bits per heavy atom. The number of aryl methyl sites for hydroxylation is 2. The van der Waals surface area contributed by atoms with Crippen LogP contribution < -0.4 is 11.1 Å². The van der Waals surface area contributed by atoms with Crippen molar-refractivity contribution in [2.75, 3.05) is 16.8 Å². The lowest BCUT2D eigenvalue weighted by Gasteiger charge is -2.13. The van der Waals surface area contributed by atoms with Crippen LogP contribution in [0, 0.1) is 13.8 Å². The normalized spacial score (nSPS) is 11.0. The number of nitrogens with one attached hydrogen (secondary N) is 1. The summed E-state index contributed by atoms with van der Waals surface area (Å²) in [7, 11) is 0. The Kier molecular flexibility index (Phi) is 6.26. The molecule has 0 aliphatic carbocycles. The van der Waals surface area contributed by atoms with Gasteiger partial charge in [-0.3, -0.25) is 9.36 Å². The summed E-state index contributed by atoms with van der Waals surface area (Å²) in [6, 6.07) is 14.3. The summed E-state index contributed by atoms with van der Waals surface area (Å²) < 4.78 is 1.73. The molecule has 33 heavy (non-hydrogen) atoms. The van der Waals surface area contributed by atoms with Gasteiger partial charge in [-0.2, -0.15) is 0 Å². The molecule has 3 aromatic carbocycles. The van der Waals surface area contributed by atoms with E-state index in [-0.39, 0.29) is 28.2 Å². The van der Waals surface area contributed by atoms with Gasteiger partial charge in [-0.25, -0.2) is 4.79 Å². The SMILES string of the molecule is Cc1ccc2c(C)ccc(-n3c(N)nnc3SCC(=O)Nc3ccc(C(=O)O)cc3Cl)c2c1. The second-order valence-corrected chi connectivity index (χ2v) is 8.81. The Bertz CT molecular complexity index is 1400. The third-order valence-corrected chi connectivity index (χ3v) is 6.33. The molecule has 0 unspecified atom stereocenters. The molecule has 168 valence electrons. The highest BCUT2D eigenvalue weighted by atomic mass is 35.5. The number of hydrogen-bond acceptors (Lipinski definition) is 6. The van der Waals surface area contributed by atoms with Crippen molar-refractivity contribution in [2.45, 2.75) is 19.0 Å². The van der Waals surface area contributed by atoms with Crippen molar-refractivity contribution in [3.05, 3.63) is 70.2 Å². The van der Waals surface area contributed by atoms with Crippen LogP contribution >= 0.6 is 23.4 Å². The maximum atomic E-state index is 12.5. The monoisotopic (exact) mass is 481 g/mol. The van der Waals surface area contributed by atoms with E-state index in [0.717, 1.165) is 27.6 Å². The molecule has 1 amide bonds. The van der Waals surface area contributed by atoms with Gasteiger partial charge in [0.2, 0.25) is 11.9 Å². The molecule has 4 N–H and O–H groups in total. The maximum absolute atomic E-state index is 12.5. The Balaban J connectivity index is 1.57. The number of carboxylic acid groups (broad SMARTS) is 1. The minimum absolute atomic E-state index is 0.0258. The van der Waals surface area contributed by atoms with E-state index in [1.165, 1.54) is 30.0 Å². The van der Waals surface area contributed by atoms with Gasteiger partial charge in [0.25, 0.3) is 0 Å². The number of aromatic nitrogens is 3. The summed E-state index contributed by atoms with van der Waals surface area (Å²) in [5.74, 6) is -1.18. The fourth-order valence-electron chi connectivity index (χ4n) is 3.46. The first-order valence-electron chi connectivity index (χ1n) is 9.91. The zero-order valence-electron chi connectivity index (χ0n) is 17.8. The second kappa shape index (κ2) is 9.13. The molecular weight excluding hydrogens is 462 g/mol. The predicted molar refractivity (Wildman–Crippen MR) is 131 cm³/mol. The third kappa shape index (κ3) is 4.64. The number of nitrogen functional groups attached to an aromatic ring is 1. The van der Waals surface area contributed by atoms with Crippen LogP contribution in [0.5, 0.6) is 0 Å².